The fourth-order valence-corrected chi connectivity index (χ4v) is 3.30. The molecule has 0 amide bonds. The molecule has 0 aliphatic heterocycles. The Labute approximate surface area is 149 Å². The highest BCUT2D eigenvalue weighted by atomic mass is 16.5. The van der Waals surface area contributed by atoms with Crippen molar-refractivity contribution in [2.45, 2.75) is 79.6 Å². The fourth-order valence-electron chi connectivity index (χ4n) is 3.30. The quantitative estimate of drug-likeness (QED) is 0.398. The van der Waals surface area contributed by atoms with Crippen LogP contribution in [0.2, 0.25) is 0 Å². The van der Waals surface area contributed by atoms with E-state index in [0.29, 0.717) is 0 Å². The van der Waals surface area contributed by atoms with E-state index in [1.54, 1.807) is 7.11 Å². The van der Waals surface area contributed by atoms with Crippen LogP contribution < -0.4 is 9.47 Å². The summed E-state index contributed by atoms with van der Waals surface area (Å²) >= 11 is 0. The van der Waals surface area contributed by atoms with E-state index < -0.39 is 0 Å². The monoisotopic (exact) mass is 334 g/mol. The van der Waals surface area contributed by atoms with Crippen molar-refractivity contribution < 1.29 is 9.47 Å². The van der Waals surface area contributed by atoms with E-state index >= 15 is 0 Å². The van der Waals surface area contributed by atoms with Crippen molar-refractivity contribution in [1.82, 2.24) is 0 Å². The topological polar surface area (TPSA) is 18.5 Å². The zero-order valence-corrected chi connectivity index (χ0v) is 16.8. The maximum Gasteiger partial charge on any atom is 0.161 e. The van der Waals surface area contributed by atoms with Crippen LogP contribution in [-0.4, -0.2) is 13.7 Å². The van der Waals surface area contributed by atoms with Crippen LogP contribution in [0.15, 0.2) is 18.2 Å². The molecule has 138 valence electrons. The summed E-state index contributed by atoms with van der Waals surface area (Å²) in [7, 11) is 1.72. The van der Waals surface area contributed by atoms with Gasteiger partial charge in [-0.15, -0.1) is 0 Å². The summed E-state index contributed by atoms with van der Waals surface area (Å²) in [5.41, 5.74) is 1.46. The smallest absolute Gasteiger partial charge is 0.161 e. The molecule has 0 aliphatic rings. The van der Waals surface area contributed by atoms with E-state index in [9.17, 15) is 0 Å². The molecule has 1 unspecified atom stereocenters. The van der Waals surface area contributed by atoms with Crippen LogP contribution in [-0.2, 0) is 6.42 Å². The van der Waals surface area contributed by atoms with Crippen molar-refractivity contribution in [3.05, 3.63) is 23.8 Å². The number of ether oxygens (including phenoxy) is 2. The Kier molecular flexibility index (Phi) is 9.25. The second kappa shape index (κ2) is 10.6. The molecular formula is C22H38O2. The largest absolute Gasteiger partial charge is 0.493 e. The van der Waals surface area contributed by atoms with Crippen LogP contribution in [0, 0.1) is 11.3 Å². The lowest BCUT2D eigenvalue weighted by atomic mass is 9.80. The molecule has 0 N–H and O–H groups in total. The minimum atomic E-state index is 0.182. The molecule has 1 aromatic carbocycles. The summed E-state index contributed by atoms with van der Waals surface area (Å²) in [6, 6.07) is 6.26. The van der Waals surface area contributed by atoms with E-state index in [2.05, 4.69) is 46.8 Å². The summed E-state index contributed by atoms with van der Waals surface area (Å²) in [5.74, 6) is 2.52. The lowest BCUT2D eigenvalue weighted by Crippen LogP contribution is -2.25. The van der Waals surface area contributed by atoms with Crippen LogP contribution in [0.25, 0.3) is 0 Å². The molecular weight excluding hydrogens is 296 g/mol. The Bertz CT molecular complexity index is 465. The number of hydrogen-bond donors (Lipinski definition) is 0. The maximum atomic E-state index is 6.14. The second-order valence-electron chi connectivity index (χ2n) is 7.77. The van der Waals surface area contributed by atoms with Crippen LogP contribution in [0.1, 0.15) is 78.7 Å². The van der Waals surface area contributed by atoms with Gasteiger partial charge in [0.2, 0.25) is 0 Å². The van der Waals surface area contributed by atoms with Crippen LogP contribution >= 0.6 is 0 Å². The normalized spacial score (nSPS) is 12.9. The highest BCUT2D eigenvalue weighted by Crippen LogP contribution is 2.34. The van der Waals surface area contributed by atoms with Gasteiger partial charge in [0.1, 0.15) is 0 Å². The van der Waals surface area contributed by atoms with E-state index in [1.165, 1.54) is 44.1 Å². The SMILES string of the molecule is CCCCCC(CC)CC(C)(C)COc1ccc(CC)cc1OC. The molecule has 1 rings (SSSR count). The number of hydrogen-bond acceptors (Lipinski definition) is 2. The van der Waals surface area contributed by atoms with Gasteiger partial charge < -0.3 is 9.47 Å². The van der Waals surface area contributed by atoms with Crippen molar-refractivity contribution in [2.24, 2.45) is 11.3 Å². The molecule has 0 heterocycles. The Morgan fingerprint density at radius 2 is 1.79 bits per heavy atom. The summed E-state index contributed by atoms with van der Waals surface area (Å²) in [6.45, 7) is 12.1. The third kappa shape index (κ3) is 7.15. The Balaban J connectivity index is 2.60. The molecule has 0 radical (unpaired) electrons. The summed E-state index contributed by atoms with van der Waals surface area (Å²) in [6.07, 6.45) is 8.87. The van der Waals surface area contributed by atoms with Gasteiger partial charge in [-0.25, -0.2) is 0 Å². The van der Waals surface area contributed by atoms with Crippen LogP contribution in [0.3, 0.4) is 0 Å². The van der Waals surface area contributed by atoms with Gasteiger partial charge in [-0.2, -0.15) is 0 Å². The molecule has 2 heteroatoms. The van der Waals surface area contributed by atoms with Crippen molar-refractivity contribution in [3.63, 3.8) is 0 Å². The highest BCUT2D eigenvalue weighted by molar-refractivity contribution is 5.43. The molecule has 1 aromatic rings. The average molecular weight is 335 g/mol. The average Bonchev–Trinajstić information content (AvgIpc) is 2.59. The van der Waals surface area contributed by atoms with E-state index in [4.69, 9.17) is 9.47 Å². The summed E-state index contributed by atoms with van der Waals surface area (Å²) in [4.78, 5) is 0. The first-order chi connectivity index (χ1) is 11.5. The molecule has 1 atom stereocenters. The zero-order chi connectivity index (χ0) is 18.0. The minimum absolute atomic E-state index is 0.182. The lowest BCUT2D eigenvalue weighted by molar-refractivity contribution is 0.139. The van der Waals surface area contributed by atoms with E-state index in [-0.39, 0.29) is 5.41 Å². The van der Waals surface area contributed by atoms with Gasteiger partial charge in [0, 0.05) is 0 Å². The number of rotatable bonds is 12. The Hall–Kier alpha value is -1.18. The Morgan fingerprint density at radius 1 is 1.04 bits per heavy atom. The fraction of sp³-hybridized carbons (Fsp3) is 0.727. The van der Waals surface area contributed by atoms with Gasteiger partial charge in [-0.05, 0) is 41.9 Å². The first kappa shape index (κ1) is 20.9. The molecule has 0 saturated heterocycles. The van der Waals surface area contributed by atoms with Crippen molar-refractivity contribution in [1.29, 1.82) is 0 Å². The van der Waals surface area contributed by atoms with Crippen LogP contribution in [0.4, 0.5) is 0 Å². The molecule has 0 saturated carbocycles. The summed E-state index contributed by atoms with van der Waals surface area (Å²) in [5, 5.41) is 0. The molecule has 2 nitrogen and oxygen atoms in total. The third-order valence-corrected chi connectivity index (χ3v) is 4.89. The summed E-state index contributed by atoms with van der Waals surface area (Å²) < 4.78 is 11.6. The first-order valence-corrected chi connectivity index (χ1v) is 9.75. The molecule has 0 fully saturated rings. The molecule has 0 spiro atoms. The van der Waals surface area contributed by atoms with E-state index in [1.807, 2.05) is 6.07 Å². The first-order valence-electron chi connectivity index (χ1n) is 9.75. The molecule has 0 aromatic heterocycles. The van der Waals surface area contributed by atoms with Gasteiger partial charge in [0.15, 0.2) is 11.5 Å². The maximum absolute atomic E-state index is 6.14. The standard InChI is InChI=1S/C22H38O2/c1-7-10-11-12-19(9-3)16-22(4,5)17-24-20-14-13-18(8-2)15-21(20)23-6/h13-15,19H,7-12,16-17H2,1-6H3. The van der Waals surface area contributed by atoms with Crippen molar-refractivity contribution >= 4 is 0 Å². The van der Waals surface area contributed by atoms with Crippen molar-refractivity contribution in [2.75, 3.05) is 13.7 Å². The van der Waals surface area contributed by atoms with E-state index in [0.717, 1.165) is 30.4 Å². The number of methoxy groups -OCH3 is 1. The van der Waals surface area contributed by atoms with Gasteiger partial charge in [-0.3, -0.25) is 0 Å². The van der Waals surface area contributed by atoms with Crippen molar-refractivity contribution in [3.8, 4) is 11.5 Å². The number of unbranched alkanes of at least 4 members (excludes halogenated alkanes) is 2. The van der Waals surface area contributed by atoms with Gasteiger partial charge in [-0.1, -0.05) is 72.8 Å². The lowest BCUT2D eigenvalue weighted by Gasteiger charge is -2.29. The predicted octanol–water partition coefficient (Wildman–Crippen LogP) is 6.66. The van der Waals surface area contributed by atoms with Crippen LogP contribution in [0.5, 0.6) is 11.5 Å². The third-order valence-electron chi connectivity index (χ3n) is 4.89. The number of aryl methyl sites for hydroxylation is 1. The molecule has 0 bridgehead atoms. The highest BCUT2D eigenvalue weighted by Gasteiger charge is 2.24. The Morgan fingerprint density at radius 3 is 2.38 bits per heavy atom. The zero-order valence-electron chi connectivity index (χ0n) is 16.8. The van der Waals surface area contributed by atoms with Gasteiger partial charge in [0.25, 0.3) is 0 Å². The van der Waals surface area contributed by atoms with Gasteiger partial charge >= 0.3 is 0 Å². The predicted molar refractivity (Wildman–Crippen MR) is 104 cm³/mol. The second-order valence-corrected chi connectivity index (χ2v) is 7.77. The van der Waals surface area contributed by atoms with Gasteiger partial charge in [0.05, 0.1) is 13.7 Å². The number of benzene rings is 1. The minimum Gasteiger partial charge on any atom is -0.493 e. The molecule has 0 aliphatic carbocycles. The molecule has 24 heavy (non-hydrogen) atoms.